The Kier molecular flexibility index (Phi) is 6.93. The number of nitrogens with zero attached hydrogens (tertiary/aromatic N) is 1. The summed E-state index contributed by atoms with van der Waals surface area (Å²) >= 11 is 0. The summed E-state index contributed by atoms with van der Waals surface area (Å²) in [6.45, 7) is 4.70. The lowest BCUT2D eigenvalue weighted by atomic mass is 9.82. The van der Waals surface area contributed by atoms with Crippen molar-refractivity contribution in [2.75, 3.05) is 4.90 Å². The Bertz CT molecular complexity index is 3110. The molecule has 1 aliphatic rings. The van der Waals surface area contributed by atoms with Gasteiger partial charge in [-0.15, -0.1) is 0 Å². The van der Waals surface area contributed by atoms with E-state index in [1.807, 2.05) is 0 Å². The van der Waals surface area contributed by atoms with Gasteiger partial charge in [0.05, 0.1) is 11.1 Å². The quantitative estimate of drug-likeness (QED) is 0.177. The zero-order valence-electron chi connectivity index (χ0n) is 30.8. The van der Waals surface area contributed by atoms with Gasteiger partial charge in [-0.1, -0.05) is 153 Å². The van der Waals surface area contributed by atoms with Gasteiger partial charge in [0, 0.05) is 27.7 Å². The number of fused-ring (bicyclic) bond motifs is 9. The summed E-state index contributed by atoms with van der Waals surface area (Å²) in [4.78, 5) is 2.43. The molecule has 11 rings (SSSR count). The van der Waals surface area contributed by atoms with Crippen LogP contribution in [0.15, 0.2) is 192 Å². The number of rotatable bonds is 5. The number of hydrogen-bond acceptors (Lipinski definition) is 2. The Labute approximate surface area is 320 Å². The molecular weight excluding hydrogens is 667 g/mol. The van der Waals surface area contributed by atoms with Gasteiger partial charge in [0.25, 0.3) is 0 Å². The summed E-state index contributed by atoms with van der Waals surface area (Å²) in [5.41, 5.74) is 14.9. The van der Waals surface area contributed by atoms with Crippen molar-refractivity contribution >= 4 is 60.5 Å². The lowest BCUT2D eigenvalue weighted by Crippen LogP contribution is -2.16. The van der Waals surface area contributed by atoms with Gasteiger partial charge >= 0.3 is 0 Å². The highest BCUT2D eigenvalue weighted by Crippen LogP contribution is 2.52. The van der Waals surface area contributed by atoms with E-state index in [-0.39, 0.29) is 5.41 Å². The lowest BCUT2D eigenvalue weighted by molar-refractivity contribution is 0.660. The van der Waals surface area contributed by atoms with Crippen molar-refractivity contribution < 1.29 is 4.42 Å². The second-order valence-electron chi connectivity index (χ2n) is 15.3. The van der Waals surface area contributed by atoms with Gasteiger partial charge < -0.3 is 9.32 Å². The molecule has 0 amide bonds. The first kappa shape index (κ1) is 31.6. The van der Waals surface area contributed by atoms with Gasteiger partial charge in [-0.05, 0) is 109 Å². The van der Waals surface area contributed by atoms with Crippen molar-refractivity contribution in [1.82, 2.24) is 0 Å². The largest absolute Gasteiger partial charge is 0.455 e. The summed E-state index contributed by atoms with van der Waals surface area (Å²) in [5, 5.41) is 7.04. The molecule has 9 aromatic carbocycles. The fourth-order valence-electron chi connectivity index (χ4n) is 9.10. The van der Waals surface area contributed by atoms with Crippen LogP contribution in [0, 0.1) is 0 Å². The van der Waals surface area contributed by atoms with Crippen LogP contribution in [-0.2, 0) is 5.41 Å². The first-order valence-electron chi connectivity index (χ1n) is 19.1. The van der Waals surface area contributed by atoms with Gasteiger partial charge in [-0.2, -0.15) is 0 Å². The average molecular weight is 704 g/mol. The maximum absolute atomic E-state index is 7.02. The summed E-state index contributed by atoms with van der Waals surface area (Å²) in [7, 11) is 0. The molecule has 0 saturated carbocycles. The van der Waals surface area contributed by atoms with E-state index in [0.29, 0.717) is 0 Å². The molecule has 1 heterocycles. The van der Waals surface area contributed by atoms with Crippen LogP contribution in [0.1, 0.15) is 25.0 Å². The number of hydrogen-bond donors (Lipinski definition) is 0. The molecule has 0 saturated heterocycles. The molecule has 0 N–H and O–H groups in total. The fourth-order valence-corrected chi connectivity index (χ4v) is 9.10. The highest BCUT2D eigenvalue weighted by atomic mass is 16.3. The van der Waals surface area contributed by atoms with E-state index in [9.17, 15) is 0 Å². The zero-order chi connectivity index (χ0) is 36.7. The number of anilines is 3. The topological polar surface area (TPSA) is 16.4 Å². The van der Waals surface area contributed by atoms with E-state index in [2.05, 4.69) is 207 Å². The molecule has 0 spiro atoms. The summed E-state index contributed by atoms with van der Waals surface area (Å²) in [6.07, 6.45) is 0. The Morgan fingerprint density at radius 1 is 0.418 bits per heavy atom. The molecule has 0 fully saturated rings. The maximum atomic E-state index is 7.02. The van der Waals surface area contributed by atoms with Crippen molar-refractivity contribution in [1.29, 1.82) is 0 Å². The molecular formula is C53H37NO. The minimum absolute atomic E-state index is 0.135. The van der Waals surface area contributed by atoms with E-state index < -0.39 is 0 Å². The Balaban J connectivity index is 1.18. The Morgan fingerprint density at radius 3 is 1.95 bits per heavy atom. The number of furan rings is 1. The summed E-state index contributed by atoms with van der Waals surface area (Å²) in [5.74, 6) is 0. The van der Waals surface area contributed by atoms with Crippen LogP contribution in [0.5, 0.6) is 0 Å². The molecule has 10 aromatic rings. The van der Waals surface area contributed by atoms with Crippen LogP contribution < -0.4 is 4.90 Å². The molecule has 1 aliphatic carbocycles. The Morgan fingerprint density at radius 2 is 1.09 bits per heavy atom. The third-order valence-electron chi connectivity index (χ3n) is 11.8. The first-order chi connectivity index (χ1) is 27.0. The van der Waals surface area contributed by atoms with Crippen LogP contribution in [0.25, 0.3) is 76.9 Å². The SMILES string of the molecule is CC1(C)c2ccccc2-c2ccc(N(c3ccc(-c4ccccc4)cc3)c3cccc4oc5c(-c6ccc7ccccc7c6)cc6ccccc6c5c34)cc21. The van der Waals surface area contributed by atoms with Crippen LogP contribution in [0.4, 0.5) is 17.1 Å². The van der Waals surface area contributed by atoms with Crippen LogP contribution in [-0.4, -0.2) is 0 Å². The smallest absolute Gasteiger partial charge is 0.143 e. The third-order valence-corrected chi connectivity index (χ3v) is 11.8. The van der Waals surface area contributed by atoms with E-state index in [4.69, 9.17) is 4.42 Å². The van der Waals surface area contributed by atoms with Crippen LogP contribution >= 0.6 is 0 Å². The standard InChI is InChI=1S/C53H37NO/c1-53(2)46-20-11-10-19-43(46)44-30-29-41(33-47(44)53)54(40-27-25-36(26-28-40)34-13-4-3-5-14-34)48-21-12-22-49-51(48)50-42-18-9-8-17-38(42)32-45(52(50)55-49)39-24-23-35-15-6-7-16-37(35)31-39/h3-33H,1-2H3. The minimum atomic E-state index is -0.135. The maximum Gasteiger partial charge on any atom is 0.143 e. The van der Waals surface area contributed by atoms with Crippen LogP contribution in [0.3, 0.4) is 0 Å². The van der Waals surface area contributed by atoms with Gasteiger partial charge in [0.2, 0.25) is 0 Å². The Hall–Kier alpha value is -6.90. The molecule has 0 aliphatic heterocycles. The predicted molar refractivity (Wildman–Crippen MR) is 232 cm³/mol. The lowest BCUT2D eigenvalue weighted by Gasteiger charge is -2.29. The van der Waals surface area contributed by atoms with Crippen molar-refractivity contribution in [2.24, 2.45) is 0 Å². The van der Waals surface area contributed by atoms with Gasteiger partial charge in [0.15, 0.2) is 0 Å². The minimum Gasteiger partial charge on any atom is -0.455 e. The van der Waals surface area contributed by atoms with Gasteiger partial charge in [-0.3, -0.25) is 0 Å². The monoisotopic (exact) mass is 703 g/mol. The van der Waals surface area contributed by atoms with Crippen molar-refractivity contribution in [3.63, 3.8) is 0 Å². The highest BCUT2D eigenvalue weighted by Gasteiger charge is 2.36. The molecule has 2 nitrogen and oxygen atoms in total. The van der Waals surface area contributed by atoms with Crippen molar-refractivity contribution in [3.05, 3.63) is 199 Å². The molecule has 0 atom stereocenters. The van der Waals surface area contributed by atoms with E-state index in [1.54, 1.807) is 0 Å². The third kappa shape index (κ3) is 4.88. The van der Waals surface area contributed by atoms with E-state index in [1.165, 1.54) is 54.9 Å². The second kappa shape index (κ2) is 12.1. The molecule has 0 unspecified atom stereocenters. The molecule has 0 bridgehead atoms. The predicted octanol–water partition coefficient (Wildman–Crippen LogP) is 15.0. The summed E-state index contributed by atoms with van der Waals surface area (Å²) in [6, 6.07) is 68.3. The van der Waals surface area contributed by atoms with Crippen LogP contribution in [0.2, 0.25) is 0 Å². The normalized spacial score (nSPS) is 13.1. The van der Waals surface area contributed by atoms with E-state index in [0.717, 1.165) is 50.1 Å². The molecule has 55 heavy (non-hydrogen) atoms. The molecule has 260 valence electrons. The molecule has 2 heteroatoms. The van der Waals surface area contributed by atoms with Crippen molar-refractivity contribution in [2.45, 2.75) is 19.3 Å². The van der Waals surface area contributed by atoms with Gasteiger partial charge in [0.1, 0.15) is 11.2 Å². The molecule has 1 aromatic heterocycles. The number of benzene rings is 9. The second-order valence-corrected chi connectivity index (χ2v) is 15.3. The highest BCUT2D eigenvalue weighted by molar-refractivity contribution is 6.26. The van der Waals surface area contributed by atoms with E-state index >= 15 is 0 Å². The first-order valence-corrected chi connectivity index (χ1v) is 19.1. The molecule has 0 radical (unpaired) electrons. The average Bonchev–Trinajstić information content (AvgIpc) is 3.74. The fraction of sp³-hybridized carbons (Fsp3) is 0.0566. The van der Waals surface area contributed by atoms with Crippen molar-refractivity contribution in [3.8, 4) is 33.4 Å². The van der Waals surface area contributed by atoms with Gasteiger partial charge in [-0.25, -0.2) is 0 Å². The zero-order valence-corrected chi connectivity index (χ0v) is 30.8. The summed E-state index contributed by atoms with van der Waals surface area (Å²) < 4.78 is 7.02.